The van der Waals surface area contributed by atoms with E-state index in [1.165, 1.54) is 16.6 Å². The second-order valence-corrected chi connectivity index (χ2v) is 20.4. The number of nitrogens with one attached hydrogen (secondary N) is 2. The maximum Gasteiger partial charge on any atom is 0.324 e. The smallest absolute Gasteiger partial charge is 0.324 e. The Balaban J connectivity index is 1.20. The molecular formula is C54H68N6O8. The quantitative estimate of drug-likeness (QED) is 0.118. The number of phenols is 1. The maximum absolute atomic E-state index is 14.8. The van der Waals surface area contributed by atoms with Gasteiger partial charge in [0.2, 0.25) is 17.7 Å². The Labute approximate surface area is 400 Å². The van der Waals surface area contributed by atoms with Crippen LogP contribution in [0.5, 0.6) is 5.75 Å². The molecule has 5 heterocycles. The second-order valence-electron chi connectivity index (χ2n) is 20.4. The van der Waals surface area contributed by atoms with Crippen molar-refractivity contribution in [3.63, 3.8) is 0 Å². The summed E-state index contributed by atoms with van der Waals surface area (Å²) < 4.78 is 14.0. The number of aromatic hydroxyl groups is 1. The summed E-state index contributed by atoms with van der Waals surface area (Å²) in [6.45, 7) is 16.5. The molecule has 3 fully saturated rings. The van der Waals surface area contributed by atoms with Crippen LogP contribution in [-0.4, -0.2) is 119 Å². The van der Waals surface area contributed by atoms with Gasteiger partial charge in [0.05, 0.1) is 24.3 Å². The third kappa shape index (κ3) is 9.67. The number of rotatable bonds is 10. The number of carbonyl (C=O) groups excluding carboxylic acids is 5. The number of ether oxygens (including phenoxy) is 2. The van der Waals surface area contributed by atoms with Gasteiger partial charge in [-0.2, -0.15) is 0 Å². The number of amides is 4. The first-order valence-corrected chi connectivity index (χ1v) is 24.4. The molecule has 0 saturated carbocycles. The number of benzene rings is 3. The summed E-state index contributed by atoms with van der Waals surface area (Å²) in [4.78, 5) is 74.0. The maximum atomic E-state index is 14.8. The van der Waals surface area contributed by atoms with Crippen LogP contribution >= 0.6 is 0 Å². The van der Waals surface area contributed by atoms with Crippen LogP contribution in [0, 0.1) is 16.7 Å². The monoisotopic (exact) mass is 929 g/mol. The fourth-order valence-electron chi connectivity index (χ4n) is 11.2. The Morgan fingerprint density at radius 1 is 1.01 bits per heavy atom. The van der Waals surface area contributed by atoms with E-state index in [0.29, 0.717) is 70.3 Å². The lowest BCUT2D eigenvalue weighted by molar-refractivity contribution is -0.156. The highest BCUT2D eigenvalue weighted by Crippen LogP contribution is 2.43. The molecule has 3 N–H and O–H groups in total. The van der Waals surface area contributed by atoms with E-state index in [2.05, 4.69) is 85.1 Å². The molecule has 1 aromatic heterocycles. The normalized spacial score (nSPS) is 22.6. The number of fused-ring (bicyclic) bond motifs is 6. The van der Waals surface area contributed by atoms with Gasteiger partial charge >= 0.3 is 5.97 Å². The van der Waals surface area contributed by atoms with Crippen LogP contribution in [0.25, 0.3) is 33.3 Å². The lowest BCUT2D eigenvalue weighted by Crippen LogP contribution is -2.63. The van der Waals surface area contributed by atoms with Crippen molar-refractivity contribution >= 4 is 40.5 Å². The van der Waals surface area contributed by atoms with Gasteiger partial charge < -0.3 is 34.3 Å². The topological polar surface area (TPSA) is 163 Å². The zero-order valence-corrected chi connectivity index (χ0v) is 40.6. The number of methoxy groups -OCH3 is 1. The van der Waals surface area contributed by atoms with E-state index in [-0.39, 0.29) is 49.6 Å². The van der Waals surface area contributed by atoms with Crippen molar-refractivity contribution in [1.29, 1.82) is 0 Å². The molecule has 14 heteroatoms. The van der Waals surface area contributed by atoms with E-state index in [9.17, 15) is 29.1 Å². The Bertz CT molecular complexity index is 2600. The van der Waals surface area contributed by atoms with Crippen LogP contribution in [0.2, 0.25) is 0 Å². The standard InChI is InChI=1S/C54H68N6O8/c1-8-46(62)57-24-21-54(32-57)20-13-22-59(52(54)66)47(34(3)4)49(63)55-44-28-35-26-38(29-39(61)27-35)37-17-18-45-41(30-37)42(48(58(45)9-2)40-15-11-10-14-36(40)19-25-67-7)31-53(5,6)33-68-51(65)43-16-12-23-60(56-43)50(44)64/h8,10-11,14-15,17-18,26-27,29-30,34,43-44,47,56,61H,1,9,12-13,16,19-25,28,31-33H2,2-7H3,(H,55,63)/t43-,44-,47-,54-/m0/s1. The largest absolute Gasteiger partial charge is 0.508 e. The number of aryl methyl sites for hydroxylation is 1. The number of piperidine rings is 1. The molecule has 6 bridgehead atoms. The molecule has 8 rings (SSSR count). The first-order valence-electron chi connectivity index (χ1n) is 24.4. The highest BCUT2D eigenvalue weighted by Gasteiger charge is 2.52. The number of esters is 1. The first kappa shape index (κ1) is 48.5. The molecule has 3 saturated heterocycles. The van der Waals surface area contributed by atoms with Crippen molar-refractivity contribution < 1.29 is 38.6 Å². The Hall–Kier alpha value is -5.99. The fraction of sp³-hybridized carbons (Fsp3) is 0.500. The van der Waals surface area contributed by atoms with Gasteiger partial charge in [0.1, 0.15) is 23.9 Å². The number of likely N-dealkylation sites (tertiary alicyclic amines) is 2. The van der Waals surface area contributed by atoms with Crippen LogP contribution in [0.15, 0.2) is 73.3 Å². The zero-order chi connectivity index (χ0) is 48.5. The number of aromatic nitrogens is 1. The van der Waals surface area contributed by atoms with Crippen LogP contribution in [0.4, 0.5) is 0 Å². The van der Waals surface area contributed by atoms with Crippen molar-refractivity contribution in [2.45, 2.75) is 111 Å². The van der Waals surface area contributed by atoms with Crippen molar-refractivity contribution in [1.82, 2.24) is 30.1 Å². The Morgan fingerprint density at radius 2 is 1.81 bits per heavy atom. The molecule has 4 amide bonds. The second kappa shape index (κ2) is 19.9. The predicted molar refractivity (Wildman–Crippen MR) is 261 cm³/mol. The minimum atomic E-state index is -1.15. The van der Waals surface area contributed by atoms with Gasteiger partial charge in [0.25, 0.3) is 5.91 Å². The van der Waals surface area contributed by atoms with E-state index in [0.717, 1.165) is 45.3 Å². The average Bonchev–Trinajstić information content (AvgIpc) is 3.89. The summed E-state index contributed by atoms with van der Waals surface area (Å²) in [5, 5.41) is 16.9. The molecule has 0 radical (unpaired) electrons. The molecule has 0 aliphatic carbocycles. The van der Waals surface area contributed by atoms with E-state index in [1.54, 1.807) is 29.0 Å². The van der Waals surface area contributed by atoms with E-state index < -0.39 is 46.7 Å². The number of hydrogen-bond acceptors (Lipinski definition) is 9. The number of carbonyl (C=O) groups is 5. The molecule has 4 aromatic rings. The van der Waals surface area contributed by atoms with Crippen molar-refractivity contribution in [2.75, 3.05) is 46.5 Å². The van der Waals surface area contributed by atoms with Gasteiger partial charge in [-0.1, -0.05) is 70.7 Å². The minimum absolute atomic E-state index is 0.00786. The molecule has 4 atom stereocenters. The highest BCUT2D eigenvalue weighted by molar-refractivity contribution is 5.97. The summed E-state index contributed by atoms with van der Waals surface area (Å²) in [6.07, 6.45) is 5.35. The highest BCUT2D eigenvalue weighted by atomic mass is 16.5. The van der Waals surface area contributed by atoms with E-state index >= 15 is 0 Å². The van der Waals surface area contributed by atoms with Crippen molar-refractivity contribution in [3.05, 3.63) is 90.0 Å². The molecule has 4 aliphatic rings. The van der Waals surface area contributed by atoms with E-state index in [1.807, 2.05) is 19.9 Å². The summed E-state index contributed by atoms with van der Waals surface area (Å²) in [5.41, 5.74) is 9.63. The lowest BCUT2D eigenvalue weighted by atomic mass is 9.77. The van der Waals surface area contributed by atoms with Gasteiger partial charge in [-0.3, -0.25) is 29.0 Å². The average molecular weight is 929 g/mol. The third-order valence-electron chi connectivity index (χ3n) is 14.5. The molecule has 14 nitrogen and oxygen atoms in total. The molecule has 0 unspecified atom stereocenters. The number of hydrazine groups is 1. The van der Waals surface area contributed by atoms with Gasteiger partial charge in [-0.25, -0.2) is 5.43 Å². The van der Waals surface area contributed by atoms with Crippen molar-refractivity contribution in [3.8, 4) is 28.1 Å². The van der Waals surface area contributed by atoms with Gasteiger partial charge in [-0.05, 0) is 116 Å². The lowest BCUT2D eigenvalue weighted by Gasteiger charge is -2.44. The van der Waals surface area contributed by atoms with Gasteiger partial charge in [-0.15, -0.1) is 0 Å². The Kier molecular flexibility index (Phi) is 14.2. The number of hydrogen-bond donors (Lipinski definition) is 3. The SMILES string of the molecule is C=CC(=O)N1CC[C@@]2(CCCN([C@H](C(=O)N[C@H]3Cc4cc(O)cc(c4)-c4ccc5c(c4)c(c(-c4ccccc4CCOC)n5CC)CC(C)(C)COC(=O)[C@@H]4CCCN(N4)C3=O)C(C)C)C2=O)C1. The zero-order valence-electron chi connectivity index (χ0n) is 40.6. The fourth-order valence-corrected chi connectivity index (χ4v) is 11.2. The summed E-state index contributed by atoms with van der Waals surface area (Å²) in [6, 6.07) is 17.2. The summed E-state index contributed by atoms with van der Waals surface area (Å²) in [7, 11) is 1.71. The van der Waals surface area contributed by atoms with Gasteiger partial charge in [0.15, 0.2) is 0 Å². The molecular weight excluding hydrogens is 861 g/mol. The van der Waals surface area contributed by atoms with Gasteiger partial charge in [0, 0.05) is 68.1 Å². The van der Waals surface area contributed by atoms with Crippen LogP contribution in [0.1, 0.15) is 83.4 Å². The number of phenolic OH excluding ortho intramolecular Hbond substituents is 1. The van der Waals surface area contributed by atoms with Crippen molar-refractivity contribution in [2.24, 2.45) is 16.7 Å². The van der Waals surface area contributed by atoms with Crippen LogP contribution in [0.3, 0.4) is 0 Å². The molecule has 3 aromatic carbocycles. The summed E-state index contributed by atoms with van der Waals surface area (Å²) >= 11 is 0. The molecule has 68 heavy (non-hydrogen) atoms. The third-order valence-corrected chi connectivity index (χ3v) is 14.5. The minimum Gasteiger partial charge on any atom is -0.508 e. The molecule has 4 aliphatic heterocycles. The first-order chi connectivity index (χ1) is 32.6. The van der Waals surface area contributed by atoms with Crippen LogP contribution in [-0.2, 0) is 59.3 Å². The van der Waals surface area contributed by atoms with Crippen LogP contribution < -0.4 is 10.7 Å². The Morgan fingerprint density at radius 3 is 2.56 bits per heavy atom. The van der Waals surface area contributed by atoms with E-state index in [4.69, 9.17) is 9.47 Å². The molecule has 362 valence electrons. The molecule has 1 spiro atoms. The number of cyclic esters (lactones) is 1. The number of nitrogens with zero attached hydrogens (tertiary/aromatic N) is 4. The summed E-state index contributed by atoms with van der Waals surface area (Å²) in [5.74, 6) is -2.08. The predicted octanol–water partition coefficient (Wildman–Crippen LogP) is 6.59.